The van der Waals surface area contributed by atoms with Crippen molar-refractivity contribution in [2.45, 2.75) is 6.42 Å². The van der Waals surface area contributed by atoms with E-state index in [1.165, 1.54) is 0 Å². The molecule has 0 fully saturated rings. The summed E-state index contributed by atoms with van der Waals surface area (Å²) in [5.74, 6) is -2.66. The van der Waals surface area contributed by atoms with Crippen molar-refractivity contribution in [2.24, 2.45) is 0 Å². The first-order chi connectivity index (χ1) is 6.02. The predicted octanol–water partition coefficient (Wildman–Crippen LogP) is -0.972. The van der Waals surface area contributed by atoms with Crippen molar-refractivity contribution in [1.82, 2.24) is 10.2 Å². The fourth-order valence-corrected chi connectivity index (χ4v) is 0.904. The first kappa shape index (κ1) is 9.04. The zero-order valence-corrected chi connectivity index (χ0v) is 6.33. The van der Waals surface area contributed by atoms with Gasteiger partial charge in [0.2, 0.25) is 0 Å². The molecule has 7 heteroatoms. The van der Waals surface area contributed by atoms with Crippen LogP contribution >= 0.6 is 0 Å². The zero-order valence-electron chi connectivity index (χ0n) is 6.33. The van der Waals surface area contributed by atoms with E-state index in [2.05, 4.69) is 5.10 Å². The van der Waals surface area contributed by atoms with Crippen molar-refractivity contribution < 1.29 is 19.8 Å². The zero-order chi connectivity index (χ0) is 10.0. The molecule has 0 saturated carbocycles. The number of H-pyrrole nitrogens is 2. The first-order valence-electron chi connectivity index (χ1n) is 3.27. The third-order valence-electron chi connectivity index (χ3n) is 1.40. The molecular formula is C6H6N2O5. The number of hydrogen-bond acceptors (Lipinski definition) is 3. The molecule has 0 amide bonds. The minimum absolute atomic E-state index is 0.134. The molecule has 0 atom stereocenters. The summed E-state index contributed by atoms with van der Waals surface area (Å²) in [5, 5.41) is 21.1. The van der Waals surface area contributed by atoms with Gasteiger partial charge in [-0.2, -0.15) is 0 Å². The maximum Gasteiger partial charge on any atom is 0.343 e. The Morgan fingerprint density at radius 1 is 1.23 bits per heavy atom. The van der Waals surface area contributed by atoms with E-state index in [4.69, 9.17) is 10.2 Å². The molecule has 0 radical (unpaired) electrons. The number of hydrogen-bond donors (Lipinski definition) is 4. The second-order valence-corrected chi connectivity index (χ2v) is 2.31. The molecule has 0 aromatic carbocycles. The van der Waals surface area contributed by atoms with Crippen LogP contribution in [0.4, 0.5) is 0 Å². The Kier molecular flexibility index (Phi) is 2.18. The van der Waals surface area contributed by atoms with Gasteiger partial charge in [0.1, 0.15) is 5.56 Å². The number of aromatic carboxylic acids is 1. The average Bonchev–Trinajstić information content (AvgIpc) is 2.30. The summed E-state index contributed by atoms with van der Waals surface area (Å²) >= 11 is 0. The van der Waals surface area contributed by atoms with Crippen molar-refractivity contribution in [2.75, 3.05) is 0 Å². The van der Waals surface area contributed by atoms with Gasteiger partial charge in [0, 0.05) is 0 Å². The number of carboxylic acid groups (broad SMARTS) is 2. The van der Waals surface area contributed by atoms with Crippen molar-refractivity contribution in [3.63, 3.8) is 0 Å². The molecule has 0 aliphatic rings. The van der Waals surface area contributed by atoms with Crippen molar-refractivity contribution in [3.8, 4) is 0 Å². The largest absolute Gasteiger partial charge is 0.481 e. The smallest absolute Gasteiger partial charge is 0.343 e. The summed E-state index contributed by atoms with van der Waals surface area (Å²) in [6.07, 6.45) is -0.527. The Morgan fingerprint density at radius 3 is 2.31 bits per heavy atom. The van der Waals surface area contributed by atoms with Gasteiger partial charge in [-0.25, -0.2) is 4.79 Å². The van der Waals surface area contributed by atoms with Crippen LogP contribution in [0.25, 0.3) is 0 Å². The van der Waals surface area contributed by atoms with Gasteiger partial charge in [-0.1, -0.05) is 0 Å². The van der Waals surface area contributed by atoms with Gasteiger partial charge in [0.25, 0.3) is 5.56 Å². The van der Waals surface area contributed by atoms with E-state index in [0.717, 1.165) is 0 Å². The number of aromatic nitrogens is 2. The fourth-order valence-electron chi connectivity index (χ4n) is 0.904. The Labute approximate surface area is 71.0 Å². The highest BCUT2D eigenvalue weighted by atomic mass is 16.4. The van der Waals surface area contributed by atoms with Crippen molar-refractivity contribution >= 4 is 11.9 Å². The molecule has 1 heterocycles. The minimum Gasteiger partial charge on any atom is -0.481 e. The summed E-state index contributed by atoms with van der Waals surface area (Å²) in [6.45, 7) is 0. The standard InChI is InChI=1S/C6H6N2O5/c9-3(10)1-2-4(6(12)13)5(11)8-7-2/h1H2,(H,9,10)(H,12,13)(H2,7,8,11). The third-order valence-corrected chi connectivity index (χ3v) is 1.40. The predicted molar refractivity (Wildman–Crippen MR) is 39.7 cm³/mol. The highest BCUT2D eigenvalue weighted by Gasteiger charge is 2.18. The minimum atomic E-state index is -1.45. The normalized spacial score (nSPS) is 9.85. The molecule has 0 bridgehead atoms. The molecule has 1 rings (SSSR count). The first-order valence-corrected chi connectivity index (χ1v) is 3.27. The molecule has 0 saturated heterocycles. The van der Waals surface area contributed by atoms with Crippen LogP contribution in [0.3, 0.4) is 0 Å². The van der Waals surface area contributed by atoms with E-state index in [1.54, 1.807) is 0 Å². The van der Waals surface area contributed by atoms with Crippen LogP contribution in [0, 0.1) is 0 Å². The maximum atomic E-state index is 10.8. The number of nitrogens with one attached hydrogen (secondary N) is 2. The molecular weight excluding hydrogens is 180 g/mol. The van der Waals surface area contributed by atoms with Gasteiger partial charge in [-0.05, 0) is 0 Å². The van der Waals surface area contributed by atoms with E-state index in [1.807, 2.05) is 5.10 Å². The van der Waals surface area contributed by atoms with E-state index < -0.39 is 29.5 Å². The number of carboxylic acids is 2. The van der Waals surface area contributed by atoms with E-state index in [-0.39, 0.29) is 5.69 Å². The second kappa shape index (κ2) is 3.13. The third kappa shape index (κ3) is 1.75. The Hall–Kier alpha value is -2.05. The summed E-state index contributed by atoms with van der Waals surface area (Å²) in [6, 6.07) is 0. The topological polar surface area (TPSA) is 123 Å². The van der Waals surface area contributed by atoms with Crippen LogP contribution in [0.1, 0.15) is 16.1 Å². The summed E-state index contributed by atoms with van der Waals surface area (Å²) in [5.41, 5.74) is -1.52. The molecule has 0 aliphatic carbocycles. The molecule has 1 aromatic rings. The quantitative estimate of drug-likeness (QED) is 0.483. The lowest BCUT2D eigenvalue weighted by Crippen LogP contribution is -2.14. The number of rotatable bonds is 3. The van der Waals surface area contributed by atoms with Crippen LogP contribution in [0.15, 0.2) is 4.79 Å². The van der Waals surface area contributed by atoms with Gasteiger partial charge in [-0.3, -0.25) is 14.7 Å². The highest BCUT2D eigenvalue weighted by Crippen LogP contribution is 2.00. The molecule has 13 heavy (non-hydrogen) atoms. The molecule has 7 nitrogen and oxygen atoms in total. The maximum absolute atomic E-state index is 10.8. The average molecular weight is 186 g/mol. The van der Waals surface area contributed by atoms with E-state index in [0.29, 0.717) is 0 Å². The Bertz CT molecular complexity index is 401. The lowest BCUT2D eigenvalue weighted by molar-refractivity contribution is -0.136. The molecule has 1 aromatic heterocycles. The van der Waals surface area contributed by atoms with Crippen LogP contribution in [-0.4, -0.2) is 32.3 Å². The SMILES string of the molecule is O=C(O)Cc1[nH][nH]c(=O)c1C(=O)O. The highest BCUT2D eigenvalue weighted by molar-refractivity contribution is 5.89. The second-order valence-electron chi connectivity index (χ2n) is 2.31. The summed E-state index contributed by atoms with van der Waals surface area (Å²) in [7, 11) is 0. The lowest BCUT2D eigenvalue weighted by Gasteiger charge is -1.92. The van der Waals surface area contributed by atoms with Crippen LogP contribution < -0.4 is 5.56 Å². The molecule has 4 N–H and O–H groups in total. The van der Waals surface area contributed by atoms with Crippen LogP contribution in [-0.2, 0) is 11.2 Å². The van der Waals surface area contributed by atoms with Gasteiger partial charge in [0.15, 0.2) is 0 Å². The van der Waals surface area contributed by atoms with E-state index >= 15 is 0 Å². The Balaban J connectivity index is 3.15. The van der Waals surface area contributed by atoms with Crippen molar-refractivity contribution in [3.05, 3.63) is 21.6 Å². The van der Waals surface area contributed by atoms with Gasteiger partial charge in [-0.15, -0.1) is 0 Å². The lowest BCUT2D eigenvalue weighted by atomic mass is 10.2. The van der Waals surface area contributed by atoms with E-state index in [9.17, 15) is 14.4 Å². The molecule has 0 spiro atoms. The van der Waals surface area contributed by atoms with Crippen molar-refractivity contribution in [1.29, 1.82) is 0 Å². The van der Waals surface area contributed by atoms with Crippen LogP contribution in [0.2, 0.25) is 0 Å². The Morgan fingerprint density at radius 2 is 1.85 bits per heavy atom. The van der Waals surface area contributed by atoms with Gasteiger partial charge >= 0.3 is 11.9 Å². The van der Waals surface area contributed by atoms with Gasteiger partial charge < -0.3 is 15.3 Å². The molecule has 0 aliphatic heterocycles. The fraction of sp³-hybridized carbons (Fsp3) is 0.167. The monoisotopic (exact) mass is 186 g/mol. The number of aromatic amines is 2. The van der Waals surface area contributed by atoms with Crippen LogP contribution in [0.5, 0.6) is 0 Å². The number of carbonyl (C=O) groups is 2. The summed E-state index contributed by atoms with van der Waals surface area (Å²) < 4.78 is 0. The summed E-state index contributed by atoms with van der Waals surface area (Å²) in [4.78, 5) is 31.5. The molecule has 70 valence electrons. The number of aliphatic carboxylic acids is 1. The van der Waals surface area contributed by atoms with Gasteiger partial charge in [0.05, 0.1) is 12.1 Å². The molecule has 0 unspecified atom stereocenters.